The highest BCUT2D eigenvalue weighted by molar-refractivity contribution is 5.96. The molecular weight excluding hydrogens is 297 g/mol. The summed E-state index contributed by atoms with van der Waals surface area (Å²) in [4.78, 5) is 18.1. The van der Waals surface area contributed by atoms with Crippen LogP contribution in [0.4, 0.5) is 15.8 Å². The summed E-state index contributed by atoms with van der Waals surface area (Å²) in [5.41, 5.74) is 1.14. The zero-order valence-corrected chi connectivity index (χ0v) is 13.5. The summed E-state index contributed by atoms with van der Waals surface area (Å²) in [5, 5.41) is 2.74. The Hall–Kier alpha value is -2.37. The number of hydrogen-bond donors (Lipinski definition) is 1. The monoisotopic (exact) mass is 317 g/mol. The molecule has 1 amide bonds. The second-order valence-corrected chi connectivity index (χ2v) is 6.75. The number of carbonyl (C=O) groups is 1. The summed E-state index contributed by atoms with van der Waals surface area (Å²) < 4.78 is 19.3. The van der Waals surface area contributed by atoms with Crippen LogP contribution in [0, 0.1) is 5.82 Å². The zero-order chi connectivity index (χ0) is 16.6. The fourth-order valence-electron chi connectivity index (χ4n) is 2.51. The van der Waals surface area contributed by atoms with E-state index in [9.17, 15) is 9.18 Å². The molecule has 23 heavy (non-hydrogen) atoms. The minimum absolute atomic E-state index is 0.109. The SMILES string of the molecule is CC(C)(C)c1cnc(CN2CCC(=O)Nc3cc(F)ccc32)o1. The number of amides is 1. The first-order chi connectivity index (χ1) is 10.8. The van der Waals surface area contributed by atoms with E-state index in [0.717, 1.165) is 11.4 Å². The van der Waals surface area contributed by atoms with Crippen LogP contribution >= 0.6 is 0 Å². The van der Waals surface area contributed by atoms with Crippen molar-refractivity contribution in [1.29, 1.82) is 0 Å². The van der Waals surface area contributed by atoms with Gasteiger partial charge < -0.3 is 14.6 Å². The fourth-order valence-corrected chi connectivity index (χ4v) is 2.51. The molecule has 0 aliphatic carbocycles. The number of benzene rings is 1. The maximum atomic E-state index is 13.4. The highest BCUT2D eigenvalue weighted by Crippen LogP contribution is 2.31. The van der Waals surface area contributed by atoms with Gasteiger partial charge in [-0.15, -0.1) is 0 Å². The van der Waals surface area contributed by atoms with Crippen molar-refractivity contribution in [3.05, 3.63) is 41.9 Å². The Labute approximate surface area is 134 Å². The van der Waals surface area contributed by atoms with Crippen LogP contribution in [0.2, 0.25) is 0 Å². The van der Waals surface area contributed by atoms with Crippen LogP contribution in [-0.2, 0) is 16.8 Å². The van der Waals surface area contributed by atoms with Gasteiger partial charge in [-0.2, -0.15) is 0 Å². The predicted molar refractivity (Wildman–Crippen MR) is 85.9 cm³/mol. The molecule has 2 heterocycles. The molecular formula is C17H20FN3O2. The molecule has 5 nitrogen and oxygen atoms in total. The van der Waals surface area contributed by atoms with Crippen molar-refractivity contribution in [3.63, 3.8) is 0 Å². The fraction of sp³-hybridized carbons (Fsp3) is 0.412. The van der Waals surface area contributed by atoms with E-state index in [1.165, 1.54) is 12.1 Å². The van der Waals surface area contributed by atoms with Crippen molar-refractivity contribution >= 4 is 17.3 Å². The van der Waals surface area contributed by atoms with E-state index in [-0.39, 0.29) is 17.1 Å². The number of oxazole rings is 1. The Kier molecular flexibility index (Phi) is 3.83. The lowest BCUT2D eigenvalue weighted by molar-refractivity contribution is -0.115. The van der Waals surface area contributed by atoms with E-state index >= 15 is 0 Å². The lowest BCUT2D eigenvalue weighted by Gasteiger charge is -2.22. The first-order valence-corrected chi connectivity index (χ1v) is 7.62. The third kappa shape index (κ3) is 3.36. The molecule has 1 aromatic heterocycles. The van der Waals surface area contributed by atoms with Gasteiger partial charge >= 0.3 is 0 Å². The molecule has 1 aromatic carbocycles. The van der Waals surface area contributed by atoms with Gasteiger partial charge in [0.1, 0.15) is 11.6 Å². The molecule has 1 N–H and O–H groups in total. The number of hydrogen-bond acceptors (Lipinski definition) is 4. The Morgan fingerprint density at radius 1 is 1.39 bits per heavy atom. The Balaban J connectivity index is 1.88. The van der Waals surface area contributed by atoms with E-state index in [2.05, 4.69) is 31.1 Å². The van der Waals surface area contributed by atoms with Crippen molar-refractivity contribution in [3.8, 4) is 0 Å². The van der Waals surface area contributed by atoms with Crippen LogP contribution in [0.5, 0.6) is 0 Å². The molecule has 0 atom stereocenters. The van der Waals surface area contributed by atoms with Crippen molar-refractivity contribution in [2.75, 3.05) is 16.8 Å². The average molecular weight is 317 g/mol. The van der Waals surface area contributed by atoms with E-state index in [0.29, 0.717) is 31.1 Å². The molecule has 122 valence electrons. The molecule has 3 rings (SSSR count). The third-order valence-corrected chi connectivity index (χ3v) is 3.80. The van der Waals surface area contributed by atoms with Gasteiger partial charge in [0.15, 0.2) is 0 Å². The molecule has 6 heteroatoms. The number of aromatic nitrogens is 1. The van der Waals surface area contributed by atoms with Crippen LogP contribution in [0.15, 0.2) is 28.8 Å². The lowest BCUT2D eigenvalue weighted by Crippen LogP contribution is -2.24. The van der Waals surface area contributed by atoms with Crippen molar-refractivity contribution in [2.45, 2.75) is 39.2 Å². The van der Waals surface area contributed by atoms with Gasteiger partial charge in [0.2, 0.25) is 11.8 Å². The maximum Gasteiger partial charge on any atom is 0.226 e. The second-order valence-electron chi connectivity index (χ2n) is 6.75. The summed E-state index contributed by atoms with van der Waals surface area (Å²) in [6, 6.07) is 4.39. The first-order valence-electron chi connectivity index (χ1n) is 7.62. The highest BCUT2D eigenvalue weighted by Gasteiger charge is 2.23. The molecule has 1 aliphatic rings. The number of nitrogens with one attached hydrogen (secondary N) is 1. The van der Waals surface area contributed by atoms with E-state index < -0.39 is 0 Å². The first kappa shape index (κ1) is 15.5. The molecule has 0 radical (unpaired) electrons. The predicted octanol–water partition coefficient (Wildman–Crippen LogP) is 3.46. The highest BCUT2D eigenvalue weighted by atomic mass is 19.1. The number of fused-ring (bicyclic) bond motifs is 1. The van der Waals surface area contributed by atoms with Crippen LogP contribution in [-0.4, -0.2) is 17.4 Å². The summed E-state index contributed by atoms with van der Waals surface area (Å²) in [6.07, 6.45) is 2.07. The van der Waals surface area contributed by atoms with Gasteiger partial charge in [-0.05, 0) is 18.2 Å². The van der Waals surface area contributed by atoms with Gasteiger partial charge in [-0.25, -0.2) is 9.37 Å². The summed E-state index contributed by atoms with van der Waals surface area (Å²) in [7, 11) is 0. The summed E-state index contributed by atoms with van der Waals surface area (Å²) in [6.45, 7) is 7.14. The van der Waals surface area contributed by atoms with Crippen LogP contribution in [0.25, 0.3) is 0 Å². The summed E-state index contributed by atoms with van der Waals surface area (Å²) >= 11 is 0. The largest absolute Gasteiger partial charge is 0.443 e. The standard InChI is InChI=1S/C17H20FN3O2/c1-17(2,3)14-9-19-16(23-14)10-21-7-6-15(22)20-12-8-11(18)4-5-13(12)21/h4-5,8-9H,6-7,10H2,1-3H3,(H,20,22). The van der Waals surface area contributed by atoms with Crippen LogP contribution in [0.3, 0.4) is 0 Å². The van der Waals surface area contributed by atoms with Crippen LogP contribution < -0.4 is 10.2 Å². The van der Waals surface area contributed by atoms with Gasteiger partial charge in [0.25, 0.3) is 0 Å². The number of carbonyl (C=O) groups excluding carboxylic acids is 1. The molecule has 0 saturated heterocycles. The maximum absolute atomic E-state index is 13.4. The van der Waals surface area contributed by atoms with Crippen molar-refractivity contribution < 1.29 is 13.6 Å². The number of nitrogens with zero attached hydrogens (tertiary/aromatic N) is 2. The minimum atomic E-state index is -0.378. The molecule has 0 unspecified atom stereocenters. The average Bonchev–Trinajstić information content (AvgIpc) is 2.87. The number of halogens is 1. The zero-order valence-electron chi connectivity index (χ0n) is 13.5. The lowest BCUT2D eigenvalue weighted by atomic mass is 9.94. The normalized spacial score (nSPS) is 15.1. The van der Waals surface area contributed by atoms with Gasteiger partial charge in [0, 0.05) is 18.4 Å². The van der Waals surface area contributed by atoms with Crippen LogP contribution in [0.1, 0.15) is 38.8 Å². The Morgan fingerprint density at radius 3 is 2.87 bits per heavy atom. The summed E-state index contributed by atoms with van der Waals surface area (Å²) in [5.74, 6) is 0.898. The smallest absolute Gasteiger partial charge is 0.226 e. The van der Waals surface area contributed by atoms with Gasteiger partial charge in [-0.1, -0.05) is 20.8 Å². The Bertz CT molecular complexity index is 734. The third-order valence-electron chi connectivity index (χ3n) is 3.80. The quantitative estimate of drug-likeness (QED) is 0.921. The minimum Gasteiger partial charge on any atom is -0.443 e. The van der Waals surface area contributed by atoms with E-state index in [1.807, 2.05) is 4.90 Å². The second kappa shape index (κ2) is 5.68. The van der Waals surface area contributed by atoms with Gasteiger partial charge in [-0.3, -0.25) is 4.79 Å². The molecule has 1 aliphatic heterocycles. The number of anilines is 2. The Morgan fingerprint density at radius 2 is 2.17 bits per heavy atom. The van der Waals surface area contributed by atoms with Crippen molar-refractivity contribution in [2.24, 2.45) is 0 Å². The molecule has 2 aromatic rings. The van der Waals surface area contributed by atoms with Crippen molar-refractivity contribution in [1.82, 2.24) is 4.98 Å². The van der Waals surface area contributed by atoms with E-state index in [1.54, 1.807) is 12.3 Å². The topological polar surface area (TPSA) is 58.4 Å². The molecule has 0 fully saturated rings. The molecule has 0 spiro atoms. The molecule has 0 bridgehead atoms. The number of rotatable bonds is 2. The van der Waals surface area contributed by atoms with Gasteiger partial charge in [0.05, 0.1) is 24.1 Å². The van der Waals surface area contributed by atoms with E-state index in [4.69, 9.17) is 4.42 Å². The molecule has 0 saturated carbocycles.